The first-order chi connectivity index (χ1) is 16.4. The maximum Gasteiger partial charge on any atom is 0.309 e. The Labute approximate surface area is 201 Å². The Morgan fingerprint density at radius 3 is 2.50 bits per heavy atom. The maximum absolute atomic E-state index is 12.2. The van der Waals surface area contributed by atoms with Gasteiger partial charge in [-0.1, -0.05) is 31.2 Å². The summed E-state index contributed by atoms with van der Waals surface area (Å²) in [5.74, 6) is -0.316. The van der Waals surface area contributed by atoms with Crippen LogP contribution in [0.25, 0.3) is 16.3 Å². The lowest BCUT2D eigenvalue weighted by Crippen LogP contribution is -2.23. The number of aliphatic carboxylic acids is 1. The molecule has 0 saturated heterocycles. The summed E-state index contributed by atoms with van der Waals surface area (Å²) in [7, 11) is 0. The number of hydrogen-bond acceptors (Lipinski definition) is 7. The number of benzene rings is 1. The Hall–Kier alpha value is -3.72. The molecule has 0 aliphatic carbocycles. The Bertz CT molecular complexity index is 1410. The number of hydrogen-bond donors (Lipinski definition) is 1. The molecule has 9 heteroatoms. The molecule has 1 unspecified atom stereocenters. The van der Waals surface area contributed by atoms with E-state index < -0.39 is 17.9 Å². The van der Waals surface area contributed by atoms with Crippen molar-refractivity contribution in [3.05, 3.63) is 76.1 Å². The van der Waals surface area contributed by atoms with Crippen molar-refractivity contribution in [1.29, 1.82) is 0 Å². The lowest BCUT2D eigenvalue weighted by atomic mass is 9.95. The fourth-order valence-corrected chi connectivity index (χ4v) is 5.61. The van der Waals surface area contributed by atoms with Crippen LogP contribution < -0.4 is 0 Å². The van der Waals surface area contributed by atoms with Crippen molar-refractivity contribution in [2.45, 2.75) is 40.2 Å². The van der Waals surface area contributed by atoms with Crippen LogP contribution in [0.2, 0.25) is 0 Å². The van der Waals surface area contributed by atoms with Gasteiger partial charge in [0.05, 0.1) is 23.5 Å². The summed E-state index contributed by atoms with van der Waals surface area (Å²) >= 11 is 1.66. The zero-order chi connectivity index (χ0) is 24.0. The summed E-state index contributed by atoms with van der Waals surface area (Å²) in [5.41, 5.74) is 5.55. The van der Waals surface area contributed by atoms with Crippen LogP contribution in [0.15, 0.2) is 47.8 Å². The Morgan fingerprint density at radius 1 is 1.12 bits per heavy atom. The van der Waals surface area contributed by atoms with Gasteiger partial charge in [-0.2, -0.15) is 0 Å². The predicted molar refractivity (Wildman–Crippen MR) is 131 cm³/mol. The molecule has 1 aromatic carbocycles. The predicted octanol–water partition coefficient (Wildman–Crippen LogP) is 4.71. The first kappa shape index (κ1) is 22.1. The van der Waals surface area contributed by atoms with Gasteiger partial charge in [-0.3, -0.25) is 24.3 Å². The summed E-state index contributed by atoms with van der Waals surface area (Å²) < 4.78 is 1.99. The second kappa shape index (κ2) is 8.57. The van der Waals surface area contributed by atoms with Crippen LogP contribution in [0.4, 0.5) is 0 Å². The first-order valence-electron chi connectivity index (χ1n) is 11.1. The Balaban J connectivity index is 1.73. The molecule has 5 rings (SSSR count). The van der Waals surface area contributed by atoms with Crippen LogP contribution in [0, 0.1) is 26.7 Å². The molecular weight excluding hydrogens is 448 g/mol. The molecule has 172 valence electrons. The summed E-state index contributed by atoms with van der Waals surface area (Å²) in [6, 6.07) is 7.36. The molecule has 0 bridgehead atoms. The van der Waals surface area contributed by atoms with E-state index in [0.717, 1.165) is 44.5 Å². The van der Waals surface area contributed by atoms with E-state index in [1.54, 1.807) is 29.9 Å². The Morgan fingerprint density at radius 2 is 1.85 bits per heavy atom. The molecule has 0 radical (unpaired) electrons. The van der Waals surface area contributed by atoms with Crippen molar-refractivity contribution >= 4 is 23.0 Å². The van der Waals surface area contributed by atoms with Gasteiger partial charge < -0.3 is 5.11 Å². The quantitative estimate of drug-likeness (QED) is 0.451. The molecule has 3 aromatic heterocycles. The zero-order valence-electron chi connectivity index (χ0n) is 19.4. The zero-order valence-corrected chi connectivity index (χ0v) is 20.2. The van der Waals surface area contributed by atoms with Gasteiger partial charge in [-0.25, -0.2) is 0 Å². The second-order valence-electron chi connectivity index (χ2n) is 8.35. The number of rotatable bonds is 5. The molecule has 0 saturated carbocycles. The van der Waals surface area contributed by atoms with Crippen molar-refractivity contribution in [2.24, 2.45) is 10.9 Å². The highest BCUT2D eigenvalue weighted by atomic mass is 32.1. The highest BCUT2D eigenvalue weighted by Crippen LogP contribution is 2.41. The van der Waals surface area contributed by atoms with Crippen molar-refractivity contribution < 1.29 is 9.90 Å². The average Bonchev–Trinajstić information content (AvgIpc) is 3.31. The third-order valence-corrected chi connectivity index (χ3v) is 7.54. The van der Waals surface area contributed by atoms with Crippen molar-refractivity contribution in [2.75, 3.05) is 0 Å². The number of carboxylic acid groups (broad SMARTS) is 1. The summed E-state index contributed by atoms with van der Waals surface area (Å²) in [4.78, 5) is 27.0. The van der Waals surface area contributed by atoms with Gasteiger partial charge in [0.15, 0.2) is 5.82 Å². The van der Waals surface area contributed by atoms with Crippen LogP contribution >= 0.6 is 11.3 Å². The van der Waals surface area contributed by atoms with E-state index in [4.69, 9.17) is 4.99 Å². The number of nitrogens with zero attached hydrogens (tertiary/aromatic N) is 6. The molecule has 1 N–H and O–H groups in total. The highest BCUT2D eigenvalue weighted by molar-refractivity contribution is 7.15. The van der Waals surface area contributed by atoms with Gasteiger partial charge in [-0.15, -0.1) is 21.5 Å². The third kappa shape index (κ3) is 3.52. The van der Waals surface area contributed by atoms with E-state index in [1.807, 2.05) is 42.7 Å². The minimum absolute atomic E-state index is 0.431. The number of carbonyl (C=O) groups is 1. The van der Waals surface area contributed by atoms with E-state index in [9.17, 15) is 9.90 Å². The van der Waals surface area contributed by atoms with Crippen LogP contribution in [-0.2, 0) is 4.79 Å². The number of aromatic nitrogens is 5. The number of aliphatic imine (C=N–C) groups is 1. The van der Waals surface area contributed by atoms with Gasteiger partial charge in [0.25, 0.3) is 0 Å². The monoisotopic (exact) mass is 472 g/mol. The number of fused-ring (bicyclic) bond motifs is 3. The molecule has 1 aliphatic heterocycles. The largest absolute Gasteiger partial charge is 0.481 e. The molecule has 0 spiro atoms. The van der Waals surface area contributed by atoms with Crippen molar-refractivity contribution in [3.8, 4) is 16.3 Å². The van der Waals surface area contributed by atoms with E-state index in [0.29, 0.717) is 12.2 Å². The smallest absolute Gasteiger partial charge is 0.309 e. The SMILES string of the molecule is CCC(C(=O)O)[C@@H]1N=C(c2ccc(-c3cnccn3)cc2)c2c(sc(C)c2C)-n2c(C)nnc21. The average molecular weight is 473 g/mol. The number of thiophene rings is 1. The van der Waals surface area contributed by atoms with Gasteiger partial charge in [0.2, 0.25) is 0 Å². The minimum atomic E-state index is -0.890. The molecule has 8 nitrogen and oxygen atoms in total. The fraction of sp³-hybridized carbons (Fsp3) is 0.280. The molecule has 4 heterocycles. The van der Waals surface area contributed by atoms with E-state index in [2.05, 4.69) is 34.0 Å². The molecule has 1 aliphatic rings. The molecule has 2 atom stereocenters. The summed E-state index contributed by atoms with van der Waals surface area (Å²) in [5, 5.41) is 19.7. The first-order valence-corrected chi connectivity index (χ1v) is 11.9. The second-order valence-corrected chi connectivity index (χ2v) is 9.55. The normalized spacial score (nSPS) is 15.8. The lowest BCUT2D eigenvalue weighted by molar-refractivity contribution is -0.142. The van der Waals surface area contributed by atoms with E-state index >= 15 is 0 Å². The summed E-state index contributed by atoms with van der Waals surface area (Å²) in [6.45, 7) is 7.94. The summed E-state index contributed by atoms with van der Waals surface area (Å²) in [6.07, 6.45) is 5.47. The number of aryl methyl sites for hydroxylation is 2. The van der Waals surface area contributed by atoms with E-state index in [-0.39, 0.29) is 0 Å². The van der Waals surface area contributed by atoms with Crippen molar-refractivity contribution in [3.63, 3.8) is 0 Å². The van der Waals surface area contributed by atoms with Crippen molar-refractivity contribution in [1.82, 2.24) is 24.7 Å². The fourth-order valence-electron chi connectivity index (χ4n) is 4.40. The van der Waals surface area contributed by atoms with E-state index in [1.165, 1.54) is 4.88 Å². The van der Waals surface area contributed by atoms with Crippen LogP contribution in [0.1, 0.15) is 52.6 Å². The van der Waals surface area contributed by atoms with Crippen LogP contribution in [0.5, 0.6) is 0 Å². The topological polar surface area (TPSA) is 106 Å². The van der Waals surface area contributed by atoms with Crippen LogP contribution in [0.3, 0.4) is 0 Å². The minimum Gasteiger partial charge on any atom is -0.481 e. The molecule has 34 heavy (non-hydrogen) atoms. The van der Waals surface area contributed by atoms with Gasteiger partial charge in [0.1, 0.15) is 16.9 Å². The molecule has 0 amide bonds. The lowest BCUT2D eigenvalue weighted by Gasteiger charge is -2.18. The number of carboxylic acids is 1. The van der Waals surface area contributed by atoms with Gasteiger partial charge in [-0.05, 0) is 32.8 Å². The Kier molecular flexibility index (Phi) is 5.57. The molecule has 4 aromatic rings. The van der Waals surface area contributed by atoms with Crippen LogP contribution in [-0.4, -0.2) is 41.5 Å². The standard InChI is InChI=1S/C25H24N6O2S/c1-5-18(25(32)33)22-23-30-29-15(4)31(23)24-20(13(2)14(3)34-24)21(28-22)17-8-6-16(7-9-17)19-12-26-10-11-27-19/h6-12,18,22H,5H2,1-4H3,(H,32,33)/t18?,22-/m0/s1. The molecular formula is C25H24N6O2S. The highest BCUT2D eigenvalue weighted by Gasteiger charge is 2.37. The van der Waals surface area contributed by atoms with Gasteiger partial charge in [0, 0.05) is 34.0 Å². The van der Waals surface area contributed by atoms with Gasteiger partial charge >= 0.3 is 5.97 Å². The third-order valence-electron chi connectivity index (χ3n) is 6.34. The maximum atomic E-state index is 12.2. The molecule has 0 fully saturated rings.